The number of nitrogens with one attached hydrogen (secondary N) is 2. The SMILES string of the molecule is C=C(C)C[C@@H](Nc1nc(Nc2ccc3ncccc3c2)c(C(N)=O)cc1F)[C@H](C)N. The maximum atomic E-state index is 14.7. The van der Waals surface area contributed by atoms with E-state index in [0.29, 0.717) is 12.1 Å². The lowest BCUT2D eigenvalue weighted by atomic mass is 10.0. The molecule has 0 aliphatic heterocycles. The largest absolute Gasteiger partial charge is 0.365 e. The summed E-state index contributed by atoms with van der Waals surface area (Å²) < 4.78 is 14.7. The number of carbonyl (C=O) groups is 1. The summed E-state index contributed by atoms with van der Waals surface area (Å²) in [7, 11) is 0. The highest BCUT2D eigenvalue weighted by atomic mass is 19.1. The number of hydrogen-bond acceptors (Lipinski definition) is 6. The molecule has 6 N–H and O–H groups in total. The molecule has 156 valence electrons. The van der Waals surface area contributed by atoms with E-state index in [9.17, 15) is 9.18 Å². The molecule has 2 atom stereocenters. The van der Waals surface area contributed by atoms with Crippen molar-refractivity contribution in [2.45, 2.75) is 32.4 Å². The average Bonchev–Trinajstić information content (AvgIpc) is 2.69. The van der Waals surface area contributed by atoms with Crippen LogP contribution in [0.15, 0.2) is 54.7 Å². The molecule has 2 heterocycles. The number of primary amides is 1. The van der Waals surface area contributed by atoms with Crippen molar-refractivity contribution >= 4 is 34.1 Å². The van der Waals surface area contributed by atoms with Crippen LogP contribution in [-0.4, -0.2) is 28.0 Å². The summed E-state index contributed by atoms with van der Waals surface area (Å²) >= 11 is 0. The lowest BCUT2D eigenvalue weighted by Crippen LogP contribution is -2.38. The van der Waals surface area contributed by atoms with Gasteiger partial charge in [-0.25, -0.2) is 9.37 Å². The fourth-order valence-electron chi connectivity index (χ4n) is 3.08. The highest BCUT2D eigenvalue weighted by molar-refractivity contribution is 5.99. The molecule has 0 fully saturated rings. The van der Waals surface area contributed by atoms with E-state index < -0.39 is 11.7 Å². The molecule has 0 aliphatic carbocycles. The molecule has 0 radical (unpaired) electrons. The zero-order valence-corrected chi connectivity index (χ0v) is 16.9. The van der Waals surface area contributed by atoms with Gasteiger partial charge >= 0.3 is 0 Å². The van der Waals surface area contributed by atoms with E-state index in [-0.39, 0.29) is 29.3 Å². The molecule has 8 heteroatoms. The van der Waals surface area contributed by atoms with Crippen LogP contribution >= 0.6 is 0 Å². The summed E-state index contributed by atoms with van der Waals surface area (Å²) in [5.74, 6) is -1.35. The number of pyridine rings is 2. The first-order valence-electron chi connectivity index (χ1n) is 9.53. The Morgan fingerprint density at radius 3 is 2.70 bits per heavy atom. The lowest BCUT2D eigenvalue weighted by molar-refractivity contribution is 0.100. The third-order valence-corrected chi connectivity index (χ3v) is 4.63. The molecule has 0 saturated heterocycles. The third kappa shape index (κ3) is 4.90. The Kier molecular flexibility index (Phi) is 6.27. The first kappa shape index (κ1) is 21.2. The molecular weight excluding hydrogens is 383 g/mol. The monoisotopic (exact) mass is 408 g/mol. The van der Waals surface area contributed by atoms with Crippen molar-refractivity contribution in [1.82, 2.24) is 9.97 Å². The zero-order chi connectivity index (χ0) is 21.8. The van der Waals surface area contributed by atoms with Gasteiger partial charge in [-0.1, -0.05) is 11.6 Å². The molecule has 0 saturated carbocycles. The Balaban J connectivity index is 1.98. The normalized spacial score (nSPS) is 12.9. The van der Waals surface area contributed by atoms with Gasteiger partial charge in [0.2, 0.25) is 0 Å². The Morgan fingerprint density at radius 2 is 2.03 bits per heavy atom. The van der Waals surface area contributed by atoms with Gasteiger partial charge < -0.3 is 22.1 Å². The summed E-state index contributed by atoms with van der Waals surface area (Å²) in [5.41, 5.74) is 13.8. The smallest absolute Gasteiger partial charge is 0.252 e. The maximum absolute atomic E-state index is 14.7. The minimum atomic E-state index is -0.788. The van der Waals surface area contributed by atoms with Crippen LogP contribution < -0.4 is 22.1 Å². The second kappa shape index (κ2) is 8.87. The number of fused-ring (bicyclic) bond motifs is 1. The number of benzene rings is 1. The van der Waals surface area contributed by atoms with Gasteiger partial charge in [0, 0.05) is 29.4 Å². The van der Waals surface area contributed by atoms with Gasteiger partial charge in [-0.3, -0.25) is 9.78 Å². The van der Waals surface area contributed by atoms with Crippen LogP contribution in [0.4, 0.5) is 21.7 Å². The van der Waals surface area contributed by atoms with Crippen molar-refractivity contribution < 1.29 is 9.18 Å². The Morgan fingerprint density at radius 1 is 1.27 bits per heavy atom. The quantitative estimate of drug-likeness (QED) is 0.422. The van der Waals surface area contributed by atoms with E-state index in [1.807, 2.05) is 38.1 Å². The molecule has 7 nitrogen and oxygen atoms in total. The molecule has 1 aromatic carbocycles. The molecular formula is C22H25FN6O. The number of carbonyl (C=O) groups excluding carboxylic acids is 1. The van der Waals surface area contributed by atoms with Crippen molar-refractivity contribution in [3.05, 3.63) is 66.1 Å². The fraction of sp³-hybridized carbons (Fsp3) is 0.227. The topological polar surface area (TPSA) is 119 Å². The van der Waals surface area contributed by atoms with Crippen LogP contribution in [0.25, 0.3) is 10.9 Å². The first-order valence-corrected chi connectivity index (χ1v) is 9.53. The number of amides is 1. The molecule has 0 unspecified atom stereocenters. The highest BCUT2D eigenvalue weighted by Gasteiger charge is 2.20. The predicted molar refractivity (Wildman–Crippen MR) is 118 cm³/mol. The van der Waals surface area contributed by atoms with Crippen LogP contribution in [0.2, 0.25) is 0 Å². The molecule has 0 aliphatic rings. The fourth-order valence-corrected chi connectivity index (χ4v) is 3.08. The first-order chi connectivity index (χ1) is 14.2. The van der Waals surface area contributed by atoms with Gasteiger partial charge in [0.1, 0.15) is 5.82 Å². The number of nitrogens with zero attached hydrogens (tertiary/aromatic N) is 2. The molecule has 3 rings (SSSR count). The molecule has 1 amide bonds. The minimum absolute atomic E-state index is 0.0199. The lowest BCUT2D eigenvalue weighted by Gasteiger charge is -2.24. The minimum Gasteiger partial charge on any atom is -0.365 e. The standard InChI is InChI=1S/C22H25FN6O/c1-12(2)9-19(13(3)24)28-22-17(23)11-16(20(25)30)21(29-22)27-15-6-7-18-14(10-15)5-4-8-26-18/h4-8,10-11,13,19H,1,9,24H2,2-3H3,(H2,25,30)(H2,27,28,29)/t13-,19+/m0/s1. The summed E-state index contributed by atoms with van der Waals surface area (Å²) in [5, 5.41) is 6.99. The van der Waals surface area contributed by atoms with Crippen LogP contribution in [-0.2, 0) is 0 Å². The average molecular weight is 408 g/mol. The summed E-state index contributed by atoms with van der Waals surface area (Å²) in [6, 6.07) is 9.76. The maximum Gasteiger partial charge on any atom is 0.252 e. The molecule has 30 heavy (non-hydrogen) atoms. The van der Waals surface area contributed by atoms with E-state index in [2.05, 4.69) is 27.2 Å². The van der Waals surface area contributed by atoms with Crippen molar-refractivity contribution in [2.75, 3.05) is 10.6 Å². The summed E-state index contributed by atoms with van der Waals surface area (Å²) in [4.78, 5) is 20.5. The Hall–Kier alpha value is -3.52. The second-order valence-electron chi connectivity index (χ2n) is 7.39. The Bertz CT molecular complexity index is 1100. The Labute approximate surface area is 174 Å². The number of rotatable bonds is 8. The number of nitrogens with two attached hydrogens (primary N) is 2. The molecule has 0 bridgehead atoms. The second-order valence-corrected chi connectivity index (χ2v) is 7.39. The van der Waals surface area contributed by atoms with E-state index >= 15 is 0 Å². The van der Waals surface area contributed by atoms with Crippen LogP contribution in [0.3, 0.4) is 0 Å². The highest BCUT2D eigenvalue weighted by Crippen LogP contribution is 2.26. The van der Waals surface area contributed by atoms with E-state index in [4.69, 9.17) is 11.5 Å². The number of aromatic nitrogens is 2. The van der Waals surface area contributed by atoms with Gasteiger partial charge in [-0.05, 0) is 50.6 Å². The van der Waals surface area contributed by atoms with Crippen molar-refractivity contribution in [3.8, 4) is 0 Å². The van der Waals surface area contributed by atoms with Gasteiger partial charge in [-0.2, -0.15) is 0 Å². The van der Waals surface area contributed by atoms with Gasteiger partial charge in [0.05, 0.1) is 11.1 Å². The molecule has 0 spiro atoms. The van der Waals surface area contributed by atoms with Crippen molar-refractivity contribution in [1.29, 1.82) is 0 Å². The van der Waals surface area contributed by atoms with Crippen molar-refractivity contribution in [3.63, 3.8) is 0 Å². The van der Waals surface area contributed by atoms with Crippen LogP contribution in [0.1, 0.15) is 30.6 Å². The van der Waals surface area contributed by atoms with Gasteiger partial charge in [0.15, 0.2) is 11.6 Å². The van der Waals surface area contributed by atoms with Crippen LogP contribution in [0, 0.1) is 5.82 Å². The van der Waals surface area contributed by atoms with E-state index in [1.165, 1.54) is 0 Å². The zero-order valence-electron chi connectivity index (χ0n) is 16.9. The molecule has 2 aromatic heterocycles. The number of halogens is 1. The van der Waals surface area contributed by atoms with E-state index in [1.54, 1.807) is 12.3 Å². The molecule has 3 aromatic rings. The van der Waals surface area contributed by atoms with Gasteiger partial charge in [0.25, 0.3) is 5.91 Å². The summed E-state index contributed by atoms with van der Waals surface area (Å²) in [6.07, 6.45) is 2.26. The van der Waals surface area contributed by atoms with Crippen molar-refractivity contribution in [2.24, 2.45) is 11.5 Å². The van der Waals surface area contributed by atoms with E-state index in [0.717, 1.165) is 22.5 Å². The van der Waals surface area contributed by atoms with Crippen LogP contribution in [0.5, 0.6) is 0 Å². The summed E-state index contributed by atoms with van der Waals surface area (Å²) in [6.45, 7) is 7.58. The number of hydrogen-bond donors (Lipinski definition) is 4. The third-order valence-electron chi connectivity index (χ3n) is 4.63. The predicted octanol–water partition coefficient (Wildman–Crippen LogP) is 3.71. The van der Waals surface area contributed by atoms with Gasteiger partial charge in [-0.15, -0.1) is 6.58 Å². The number of anilines is 3.